The number of hydrogen-bond donors (Lipinski definition) is 1. The molecule has 1 aromatic rings. The zero-order valence-corrected chi connectivity index (χ0v) is 8.56. The summed E-state index contributed by atoms with van der Waals surface area (Å²) >= 11 is 5.62. The molecule has 1 atom stereocenters. The number of halogens is 4. The predicted octanol–water partition coefficient (Wildman–Crippen LogP) is 2.91. The van der Waals surface area contributed by atoms with Gasteiger partial charge >= 0.3 is 6.18 Å². The highest BCUT2D eigenvalue weighted by atomic mass is 35.5. The van der Waals surface area contributed by atoms with E-state index in [4.69, 9.17) is 22.1 Å². The summed E-state index contributed by atoms with van der Waals surface area (Å²) in [5, 5.41) is 0.157. The van der Waals surface area contributed by atoms with Crippen molar-refractivity contribution >= 4 is 11.6 Å². The van der Waals surface area contributed by atoms with Crippen LogP contribution in [0.3, 0.4) is 0 Å². The second-order valence-electron chi connectivity index (χ2n) is 2.94. The van der Waals surface area contributed by atoms with Gasteiger partial charge in [-0.05, 0) is 23.8 Å². The van der Waals surface area contributed by atoms with Crippen LogP contribution in [0.25, 0.3) is 0 Å². The molecule has 0 spiro atoms. The van der Waals surface area contributed by atoms with Crippen LogP contribution in [0, 0.1) is 0 Å². The first-order valence-corrected chi connectivity index (χ1v) is 4.39. The van der Waals surface area contributed by atoms with Gasteiger partial charge in [-0.3, -0.25) is 0 Å². The highest BCUT2D eigenvalue weighted by molar-refractivity contribution is 6.30. The SMILES string of the molecule is COc1cc(Cl)cc([C@H](N)C(F)(F)F)c1. The average Bonchev–Trinajstić information content (AvgIpc) is 2.14. The van der Waals surface area contributed by atoms with Gasteiger partial charge in [0.2, 0.25) is 0 Å². The molecule has 0 radical (unpaired) electrons. The Kier molecular flexibility index (Phi) is 3.46. The molecule has 0 bridgehead atoms. The molecule has 0 aliphatic heterocycles. The molecule has 0 amide bonds. The maximum absolute atomic E-state index is 12.3. The largest absolute Gasteiger partial charge is 0.497 e. The molecule has 0 heterocycles. The van der Waals surface area contributed by atoms with Gasteiger partial charge in [0.05, 0.1) is 7.11 Å². The lowest BCUT2D eigenvalue weighted by Crippen LogP contribution is -2.28. The van der Waals surface area contributed by atoms with Gasteiger partial charge in [-0.2, -0.15) is 13.2 Å². The summed E-state index contributed by atoms with van der Waals surface area (Å²) in [4.78, 5) is 0. The number of methoxy groups -OCH3 is 1. The minimum Gasteiger partial charge on any atom is -0.497 e. The van der Waals surface area contributed by atoms with E-state index in [9.17, 15) is 13.2 Å². The molecule has 0 aromatic heterocycles. The zero-order valence-electron chi connectivity index (χ0n) is 7.81. The van der Waals surface area contributed by atoms with E-state index in [2.05, 4.69) is 0 Å². The first kappa shape index (κ1) is 12.1. The highest BCUT2D eigenvalue weighted by Crippen LogP contribution is 2.33. The molecule has 15 heavy (non-hydrogen) atoms. The van der Waals surface area contributed by atoms with Crippen LogP contribution in [0.15, 0.2) is 18.2 Å². The van der Waals surface area contributed by atoms with Gasteiger partial charge in [0, 0.05) is 5.02 Å². The van der Waals surface area contributed by atoms with E-state index < -0.39 is 12.2 Å². The fourth-order valence-electron chi connectivity index (χ4n) is 1.07. The number of hydrogen-bond acceptors (Lipinski definition) is 2. The smallest absolute Gasteiger partial charge is 0.407 e. The van der Waals surface area contributed by atoms with E-state index in [1.165, 1.54) is 25.3 Å². The Morgan fingerprint density at radius 3 is 2.40 bits per heavy atom. The molecule has 0 aliphatic rings. The van der Waals surface area contributed by atoms with E-state index in [1.807, 2.05) is 0 Å². The van der Waals surface area contributed by atoms with Crippen LogP contribution >= 0.6 is 11.6 Å². The third kappa shape index (κ3) is 3.00. The van der Waals surface area contributed by atoms with E-state index >= 15 is 0 Å². The second kappa shape index (κ2) is 4.28. The van der Waals surface area contributed by atoms with Crippen molar-refractivity contribution in [3.05, 3.63) is 28.8 Å². The second-order valence-corrected chi connectivity index (χ2v) is 3.38. The molecular weight excluding hydrogens is 231 g/mol. The summed E-state index contributed by atoms with van der Waals surface area (Å²) in [6.07, 6.45) is -4.49. The number of rotatable bonds is 2. The molecule has 1 rings (SSSR count). The monoisotopic (exact) mass is 239 g/mol. The Hall–Kier alpha value is -0.940. The molecule has 1 aromatic carbocycles. The molecule has 6 heteroatoms. The van der Waals surface area contributed by atoms with Gasteiger partial charge in [-0.15, -0.1) is 0 Å². The van der Waals surface area contributed by atoms with Crippen molar-refractivity contribution < 1.29 is 17.9 Å². The topological polar surface area (TPSA) is 35.2 Å². The van der Waals surface area contributed by atoms with Gasteiger partial charge in [0.15, 0.2) is 0 Å². The van der Waals surface area contributed by atoms with Crippen molar-refractivity contribution in [3.8, 4) is 5.75 Å². The summed E-state index contributed by atoms with van der Waals surface area (Å²) in [6.45, 7) is 0. The standard InChI is InChI=1S/C9H9ClF3NO/c1-15-7-3-5(2-6(10)4-7)8(14)9(11,12)13/h2-4,8H,14H2,1H3/t8-/m0/s1. The van der Waals surface area contributed by atoms with Gasteiger partial charge in [-0.25, -0.2) is 0 Å². The van der Waals surface area contributed by atoms with Crippen molar-refractivity contribution in [1.82, 2.24) is 0 Å². The molecule has 2 N–H and O–H groups in total. The third-order valence-electron chi connectivity index (χ3n) is 1.84. The Labute approximate surface area is 89.8 Å². The Morgan fingerprint density at radius 2 is 1.93 bits per heavy atom. The molecule has 0 aliphatic carbocycles. The molecule has 0 fully saturated rings. The zero-order chi connectivity index (χ0) is 11.6. The fraction of sp³-hybridized carbons (Fsp3) is 0.333. The van der Waals surface area contributed by atoms with Crippen molar-refractivity contribution in [2.24, 2.45) is 5.73 Å². The Morgan fingerprint density at radius 1 is 1.33 bits per heavy atom. The lowest BCUT2D eigenvalue weighted by atomic mass is 10.1. The van der Waals surface area contributed by atoms with Crippen LogP contribution in [0.2, 0.25) is 5.02 Å². The van der Waals surface area contributed by atoms with Crippen LogP contribution in [0.1, 0.15) is 11.6 Å². The van der Waals surface area contributed by atoms with Crippen LogP contribution in [-0.2, 0) is 0 Å². The maximum Gasteiger partial charge on any atom is 0.407 e. The molecule has 2 nitrogen and oxygen atoms in total. The first-order valence-electron chi connectivity index (χ1n) is 4.01. The first-order chi connectivity index (χ1) is 6.84. The summed E-state index contributed by atoms with van der Waals surface area (Å²) in [5.74, 6) is 0.247. The lowest BCUT2D eigenvalue weighted by Gasteiger charge is -2.16. The van der Waals surface area contributed by atoms with Crippen LogP contribution < -0.4 is 10.5 Å². The summed E-state index contributed by atoms with van der Waals surface area (Å²) in [6, 6.07) is 1.74. The van der Waals surface area contributed by atoms with E-state index in [0.29, 0.717) is 0 Å². The maximum atomic E-state index is 12.3. The number of ether oxygens (including phenoxy) is 1. The predicted molar refractivity (Wildman–Crippen MR) is 51.0 cm³/mol. The minimum atomic E-state index is -4.49. The number of alkyl halides is 3. The van der Waals surface area contributed by atoms with Crippen molar-refractivity contribution in [1.29, 1.82) is 0 Å². The fourth-order valence-corrected chi connectivity index (χ4v) is 1.30. The van der Waals surface area contributed by atoms with Gasteiger partial charge < -0.3 is 10.5 Å². The normalized spacial score (nSPS) is 13.7. The molecule has 0 unspecified atom stereocenters. The lowest BCUT2D eigenvalue weighted by molar-refractivity contribution is -0.149. The third-order valence-corrected chi connectivity index (χ3v) is 2.06. The van der Waals surface area contributed by atoms with Gasteiger partial charge in [0.25, 0.3) is 0 Å². The molecular formula is C9H9ClF3NO. The van der Waals surface area contributed by atoms with Crippen molar-refractivity contribution in [3.63, 3.8) is 0 Å². The number of benzene rings is 1. The number of nitrogens with two attached hydrogens (primary N) is 1. The summed E-state index contributed by atoms with van der Waals surface area (Å²) in [5.41, 5.74) is 4.91. The van der Waals surface area contributed by atoms with Crippen molar-refractivity contribution in [2.75, 3.05) is 7.11 Å². The molecule has 0 saturated heterocycles. The van der Waals surface area contributed by atoms with Crippen LogP contribution in [0.5, 0.6) is 5.75 Å². The summed E-state index contributed by atoms with van der Waals surface area (Å²) in [7, 11) is 1.34. The Balaban J connectivity index is 3.09. The van der Waals surface area contributed by atoms with E-state index in [0.717, 1.165) is 0 Å². The average molecular weight is 240 g/mol. The van der Waals surface area contributed by atoms with Crippen LogP contribution in [-0.4, -0.2) is 13.3 Å². The van der Waals surface area contributed by atoms with Crippen LogP contribution in [0.4, 0.5) is 13.2 Å². The highest BCUT2D eigenvalue weighted by Gasteiger charge is 2.38. The molecule has 84 valence electrons. The Bertz CT molecular complexity index is 354. The van der Waals surface area contributed by atoms with Gasteiger partial charge in [-0.1, -0.05) is 11.6 Å². The summed E-state index contributed by atoms with van der Waals surface area (Å²) < 4.78 is 41.7. The quantitative estimate of drug-likeness (QED) is 0.861. The molecule has 0 saturated carbocycles. The van der Waals surface area contributed by atoms with Gasteiger partial charge in [0.1, 0.15) is 11.8 Å². The van der Waals surface area contributed by atoms with E-state index in [1.54, 1.807) is 0 Å². The van der Waals surface area contributed by atoms with Crippen molar-refractivity contribution in [2.45, 2.75) is 12.2 Å². The minimum absolute atomic E-state index is 0.119. The van der Waals surface area contributed by atoms with E-state index in [-0.39, 0.29) is 16.3 Å².